The number of nitrogens with zero attached hydrogens (tertiary/aromatic N) is 2. The fourth-order valence-electron chi connectivity index (χ4n) is 7.81. The van der Waals surface area contributed by atoms with Gasteiger partial charge < -0.3 is 29.9 Å². The highest BCUT2D eigenvalue weighted by Gasteiger charge is 2.62. The van der Waals surface area contributed by atoms with Gasteiger partial charge >= 0.3 is 18.4 Å². The van der Waals surface area contributed by atoms with Crippen LogP contribution in [0.2, 0.25) is 0 Å². The van der Waals surface area contributed by atoms with Gasteiger partial charge in [-0.05, 0) is 88.5 Å². The van der Waals surface area contributed by atoms with E-state index < -0.39 is 86.2 Å². The molecule has 4 fully saturated rings. The lowest BCUT2D eigenvalue weighted by Gasteiger charge is -2.30. The number of carbonyl (C=O) groups excluding carboxylic acids is 5. The zero-order chi connectivity index (χ0) is 39.9. The SMILES string of the molecule is CC(C)(C)OC(=O)N[C@H]1CCCCCCC[C@@H]2C[C@@]2(C(=O)NS(=O)(=O)C2CC2)NC(=O)C2C[C@@H](OC(=O)N3CCc4cc(C(F)(F)F)ccc4C3)CN2C1=O. The molecule has 3 N–H and O–H groups in total. The highest BCUT2D eigenvalue weighted by atomic mass is 32.2. The first-order chi connectivity index (χ1) is 25.8. The summed E-state index contributed by atoms with van der Waals surface area (Å²) in [7, 11) is -3.93. The summed E-state index contributed by atoms with van der Waals surface area (Å²) in [5, 5.41) is 4.80. The molecule has 2 saturated heterocycles. The van der Waals surface area contributed by atoms with Crippen LogP contribution in [-0.2, 0) is 53.0 Å². The number of nitrogens with one attached hydrogen (secondary N) is 3. The predicted octanol–water partition coefficient (Wildman–Crippen LogP) is 4.29. The zero-order valence-corrected chi connectivity index (χ0v) is 32.2. The lowest BCUT2D eigenvalue weighted by atomic mass is 9.97. The van der Waals surface area contributed by atoms with E-state index in [1.807, 2.05) is 0 Å². The minimum Gasteiger partial charge on any atom is -0.444 e. The number of alkyl halides is 3. The molecule has 3 heterocycles. The summed E-state index contributed by atoms with van der Waals surface area (Å²) < 4.78 is 78.9. The fourth-order valence-corrected chi connectivity index (χ4v) is 9.17. The van der Waals surface area contributed by atoms with Gasteiger partial charge in [0.1, 0.15) is 29.3 Å². The fraction of sp³-hybridized carbons (Fsp3) is 0.703. The van der Waals surface area contributed by atoms with E-state index in [0.29, 0.717) is 36.8 Å². The smallest absolute Gasteiger partial charge is 0.416 e. The van der Waals surface area contributed by atoms with Crippen molar-refractivity contribution in [3.63, 3.8) is 0 Å². The van der Waals surface area contributed by atoms with Gasteiger partial charge in [0.2, 0.25) is 21.8 Å². The van der Waals surface area contributed by atoms with Gasteiger partial charge in [-0.25, -0.2) is 18.0 Å². The van der Waals surface area contributed by atoms with Gasteiger partial charge in [0.25, 0.3) is 5.91 Å². The van der Waals surface area contributed by atoms with Gasteiger partial charge in [-0.2, -0.15) is 13.2 Å². The second-order valence-corrected chi connectivity index (χ2v) is 18.4. The Balaban J connectivity index is 1.23. The lowest BCUT2D eigenvalue weighted by molar-refractivity contribution is -0.141. The van der Waals surface area contributed by atoms with Gasteiger partial charge in [0.05, 0.1) is 17.4 Å². The molecule has 304 valence electrons. The molecule has 55 heavy (non-hydrogen) atoms. The van der Waals surface area contributed by atoms with Crippen LogP contribution in [0.15, 0.2) is 18.2 Å². The number of ether oxygens (including phenoxy) is 2. The second kappa shape index (κ2) is 15.4. The standard InChI is InChI=1S/C37H50F3N5O9S/c1-35(2,3)54-33(49)41-28-10-8-6-4-5-7-9-25-19-36(25,32(48)43-55(51,52)27-13-14-27)42-30(46)29-18-26(21-45(29)31(28)47)53-34(50)44-16-15-22-17-24(37(38,39)40)12-11-23(22)20-44/h11-12,17,25-29H,4-10,13-16,18-21H2,1-3H3,(H,41,49)(H,42,46)(H,43,48)/t25-,26-,28+,29?,36-/m1/s1. The zero-order valence-electron chi connectivity index (χ0n) is 31.3. The van der Waals surface area contributed by atoms with Crippen molar-refractivity contribution in [3.8, 4) is 0 Å². The Morgan fingerprint density at radius 2 is 1.65 bits per heavy atom. The summed E-state index contributed by atoms with van der Waals surface area (Å²) in [5.41, 5.74) is -2.14. The van der Waals surface area contributed by atoms with Gasteiger partial charge in [-0.1, -0.05) is 38.2 Å². The Labute approximate surface area is 318 Å². The van der Waals surface area contributed by atoms with Crippen LogP contribution in [0, 0.1) is 5.92 Å². The van der Waals surface area contributed by atoms with Crippen molar-refractivity contribution in [2.24, 2.45) is 5.92 Å². The summed E-state index contributed by atoms with van der Waals surface area (Å²) >= 11 is 0. The molecule has 0 bridgehead atoms. The molecule has 3 aliphatic heterocycles. The van der Waals surface area contributed by atoms with E-state index in [2.05, 4.69) is 15.4 Å². The number of hydrogen-bond acceptors (Lipinski definition) is 9. The Morgan fingerprint density at radius 1 is 0.964 bits per heavy atom. The summed E-state index contributed by atoms with van der Waals surface area (Å²) in [6.07, 6.45) is -1.52. The number of amides is 5. The van der Waals surface area contributed by atoms with Crippen LogP contribution in [0.4, 0.5) is 22.8 Å². The normalized spacial score (nSPS) is 28.0. The number of fused-ring (bicyclic) bond motifs is 3. The summed E-state index contributed by atoms with van der Waals surface area (Å²) in [6.45, 7) is 4.88. The summed E-state index contributed by atoms with van der Waals surface area (Å²) in [4.78, 5) is 71.2. The van der Waals surface area contributed by atoms with Crippen LogP contribution in [0.25, 0.3) is 0 Å². The highest BCUT2D eigenvalue weighted by Crippen LogP contribution is 2.48. The molecule has 1 aromatic carbocycles. The number of sulfonamides is 1. The van der Waals surface area contributed by atoms with E-state index in [0.717, 1.165) is 37.8 Å². The number of rotatable bonds is 5. The van der Waals surface area contributed by atoms with Crippen LogP contribution in [0.5, 0.6) is 0 Å². The van der Waals surface area contributed by atoms with Crippen LogP contribution in [-0.4, -0.2) is 95.8 Å². The molecule has 5 aliphatic rings. The lowest BCUT2D eigenvalue weighted by Crippen LogP contribution is -2.58. The minimum absolute atomic E-state index is 0.00372. The van der Waals surface area contributed by atoms with E-state index in [9.17, 15) is 45.6 Å². The number of carbonyl (C=O) groups is 5. The Morgan fingerprint density at radius 3 is 2.33 bits per heavy atom. The summed E-state index contributed by atoms with van der Waals surface area (Å²) in [6, 6.07) is 1.01. The number of halogens is 3. The molecular formula is C37H50F3N5O9S. The van der Waals surface area contributed by atoms with Crippen molar-refractivity contribution in [3.05, 3.63) is 34.9 Å². The maximum absolute atomic E-state index is 14.3. The maximum Gasteiger partial charge on any atom is 0.416 e. The maximum atomic E-state index is 14.3. The topological polar surface area (TPSA) is 181 Å². The van der Waals surface area contributed by atoms with Gasteiger partial charge in [0.15, 0.2) is 0 Å². The van der Waals surface area contributed by atoms with E-state index in [-0.39, 0.29) is 51.2 Å². The Kier molecular flexibility index (Phi) is 11.4. The Bertz CT molecular complexity index is 1800. The van der Waals surface area contributed by atoms with Crippen molar-refractivity contribution >= 4 is 39.9 Å². The molecule has 18 heteroatoms. The highest BCUT2D eigenvalue weighted by molar-refractivity contribution is 7.91. The van der Waals surface area contributed by atoms with Crippen LogP contribution >= 0.6 is 0 Å². The van der Waals surface area contributed by atoms with Crippen molar-refractivity contribution in [2.45, 2.75) is 145 Å². The van der Waals surface area contributed by atoms with Crippen molar-refractivity contribution in [2.75, 3.05) is 13.1 Å². The van der Waals surface area contributed by atoms with Crippen molar-refractivity contribution < 1.29 is 55.0 Å². The van der Waals surface area contributed by atoms with Crippen molar-refractivity contribution in [1.82, 2.24) is 25.2 Å². The van der Waals surface area contributed by atoms with E-state index >= 15 is 0 Å². The number of hydrogen-bond donors (Lipinski definition) is 3. The first-order valence-corrected chi connectivity index (χ1v) is 20.6. The van der Waals surface area contributed by atoms with E-state index in [4.69, 9.17) is 9.47 Å². The number of alkyl carbamates (subject to hydrolysis) is 1. The first kappa shape index (κ1) is 40.6. The van der Waals surface area contributed by atoms with Gasteiger partial charge in [0, 0.05) is 19.5 Å². The summed E-state index contributed by atoms with van der Waals surface area (Å²) in [5.74, 6) is -2.50. The van der Waals surface area contributed by atoms with Crippen LogP contribution < -0.4 is 15.4 Å². The van der Waals surface area contributed by atoms with E-state index in [1.54, 1.807) is 20.8 Å². The molecule has 0 radical (unpaired) electrons. The molecule has 5 amide bonds. The average Bonchev–Trinajstić information content (AvgIpc) is 4.02. The minimum atomic E-state index is -4.51. The Hall–Kier alpha value is -4.09. The van der Waals surface area contributed by atoms with Gasteiger partial charge in [-0.3, -0.25) is 19.1 Å². The van der Waals surface area contributed by atoms with Crippen molar-refractivity contribution in [1.29, 1.82) is 0 Å². The molecule has 0 aromatic heterocycles. The molecule has 2 saturated carbocycles. The molecule has 6 rings (SSSR count). The molecule has 5 atom stereocenters. The third-order valence-electron chi connectivity index (χ3n) is 11.0. The first-order valence-electron chi connectivity index (χ1n) is 19.1. The molecule has 14 nitrogen and oxygen atoms in total. The second-order valence-electron chi connectivity index (χ2n) is 16.5. The van der Waals surface area contributed by atoms with Crippen LogP contribution in [0.1, 0.15) is 108 Å². The largest absolute Gasteiger partial charge is 0.444 e. The van der Waals surface area contributed by atoms with Crippen LogP contribution in [0.3, 0.4) is 0 Å². The average molecular weight is 798 g/mol. The molecule has 2 aliphatic carbocycles. The predicted molar refractivity (Wildman–Crippen MR) is 190 cm³/mol. The van der Waals surface area contributed by atoms with Gasteiger partial charge in [-0.15, -0.1) is 0 Å². The molecule has 1 aromatic rings. The quantitative estimate of drug-likeness (QED) is 0.392. The molecule has 1 unspecified atom stereocenters. The third kappa shape index (κ3) is 9.66. The van der Waals surface area contributed by atoms with E-state index in [1.165, 1.54) is 15.9 Å². The number of benzene rings is 1. The molecule has 0 spiro atoms. The molecular weight excluding hydrogens is 747 g/mol. The monoisotopic (exact) mass is 797 g/mol. The third-order valence-corrected chi connectivity index (χ3v) is 12.8.